The summed E-state index contributed by atoms with van der Waals surface area (Å²) in [5.41, 5.74) is 12.8. The molecule has 1 aromatic carbocycles. The number of guanidine groups is 1. The van der Waals surface area contributed by atoms with Crippen molar-refractivity contribution in [3.8, 4) is 11.3 Å². The highest BCUT2D eigenvalue weighted by Gasteiger charge is 2.31. The van der Waals surface area contributed by atoms with Crippen molar-refractivity contribution in [1.29, 1.82) is 5.41 Å². The van der Waals surface area contributed by atoms with E-state index in [0.29, 0.717) is 33.7 Å². The molecular formula is C18H24Cl3N7. The van der Waals surface area contributed by atoms with Crippen molar-refractivity contribution < 1.29 is 0 Å². The van der Waals surface area contributed by atoms with Crippen LogP contribution in [0.1, 0.15) is 19.8 Å². The van der Waals surface area contributed by atoms with Crippen LogP contribution in [0.25, 0.3) is 11.3 Å². The predicted octanol–water partition coefficient (Wildman–Crippen LogP) is 3.54. The molecule has 0 saturated carbocycles. The Kier molecular flexibility index (Phi) is 7.20. The number of piperidine rings is 1. The quantitative estimate of drug-likeness (QED) is 0.423. The summed E-state index contributed by atoms with van der Waals surface area (Å²) < 4.78 is 0. The van der Waals surface area contributed by atoms with Gasteiger partial charge in [0.15, 0.2) is 11.8 Å². The molecule has 0 aliphatic carbocycles. The summed E-state index contributed by atoms with van der Waals surface area (Å²) in [5, 5.41) is 11.1. The number of nitrogens with two attached hydrogens (primary N) is 2. The minimum atomic E-state index is 0. The van der Waals surface area contributed by atoms with Gasteiger partial charge in [-0.3, -0.25) is 5.41 Å². The fraction of sp³-hybridized carbons (Fsp3) is 0.389. The normalized spacial score (nSPS) is 15.6. The van der Waals surface area contributed by atoms with E-state index in [1.807, 2.05) is 6.07 Å². The zero-order valence-electron chi connectivity index (χ0n) is 15.5. The Hall–Kier alpha value is -1.96. The van der Waals surface area contributed by atoms with E-state index in [0.717, 1.165) is 31.7 Å². The van der Waals surface area contributed by atoms with Crippen LogP contribution in [-0.4, -0.2) is 35.6 Å². The summed E-state index contributed by atoms with van der Waals surface area (Å²) in [6, 6.07) is 5.35. The zero-order chi connectivity index (χ0) is 19.6. The van der Waals surface area contributed by atoms with E-state index in [1.165, 1.54) is 0 Å². The third-order valence-corrected chi connectivity index (χ3v) is 5.81. The van der Waals surface area contributed by atoms with Crippen molar-refractivity contribution in [2.75, 3.05) is 30.3 Å². The number of hydrogen-bond donors (Lipinski definition) is 4. The van der Waals surface area contributed by atoms with E-state index in [1.54, 1.807) is 18.3 Å². The van der Waals surface area contributed by atoms with Gasteiger partial charge >= 0.3 is 0 Å². The SMILES string of the molecule is CC1(CNC(=N)N)CCN(c2cnc(-c3cccc(Cl)c3Cl)c(N)n2)CC1.Cl. The maximum Gasteiger partial charge on any atom is 0.185 e. The molecule has 1 aromatic heterocycles. The Morgan fingerprint density at radius 1 is 1.32 bits per heavy atom. The van der Waals surface area contributed by atoms with Crippen molar-refractivity contribution in [2.24, 2.45) is 11.1 Å². The fourth-order valence-electron chi connectivity index (χ4n) is 3.20. The molecule has 0 spiro atoms. The second kappa shape index (κ2) is 9.03. The van der Waals surface area contributed by atoms with Crippen molar-refractivity contribution in [3.05, 3.63) is 34.4 Å². The summed E-state index contributed by atoms with van der Waals surface area (Å²) in [7, 11) is 0. The highest BCUT2D eigenvalue weighted by atomic mass is 35.5. The lowest BCUT2D eigenvalue weighted by molar-refractivity contribution is 0.248. The number of benzene rings is 1. The van der Waals surface area contributed by atoms with Crippen molar-refractivity contribution in [2.45, 2.75) is 19.8 Å². The summed E-state index contributed by atoms with van der Waals surface area (Å²) in [6.07, 6.45) is 3.63. The van der Waals surface area contributed by atoms with E-state index in [2.05, 4.69) is 27.1 Å². The second-order valence-electron chi connectivity index (χ2n) is 7.13. The van der Waals surface area contributed by atoms with Gasteiger partial charge in [-0.2, -0.15) is 0 Å². The number of rotatable bonds is 4. The van der Waals surface area contributed by atoms with Crippen LogP contribution in [0, 0.1) is 10.8 Å². The van der Waals surface area contributed by atoms with Crippen LogP contribution in [0.3, 0.4) is 0 Å². The third-order valence-electron chi connectivity index (χ3n) is 4.99. The average Bonchev–Trinajstić information content (AvgIpc) is 2.63. The molecule has 1 aliphatic heterocycles. The third kappa shape index (κ3) is 4.90. The number of nitrogens with zero attached hydrogens (tertiary/aromatic N) is 3. The molecule has 28 heavy (non-hydrogen) atoms. The Bertz CT molecular complexity index is 851. The standard InChI is InChI=1S/C18H23Cl2N7.ClH/c1-18(10-25-17(22)23)5-7-27(8-6-18)13-9-24-15(16(21)26-13)11-3-2-4-12(19)14(11)20;/h2-4,9H,5-8,10H2,1H3,(H2,21,26)(H4,22,23,25);1H. The maximum absolute atomic E-state index is 7.32. The Morgan fingerprint density at radius 2 is 2.00 bits per heavy atom. The molecule has 0 atom stereocenters. The smallest absolute Gasteiger partial charge is 0.185 e. The lowest BCUT2D eigenvalue weighted by Crippen LogP contribution is -2.46. The Labute approximate surface area is 180 Å². The second-order valence-corrected chi connectivity index (χ2v) is 7.91. The first kappa shape index (κ1) is 22.3. The number of anilines is 2. The topological polar surface area (TPSA) is 117 Å². The van der Waals surface area contributed by atoms with Gasteiger partial charge in [-0.15, -0.1) is 12.4 Å². The molecular weight excluding hydrogens is 421 g/mol. The van der Waals surface area contributed by atoms with E-state index in [9.17, 15) is 0 Å². The molecule has 152 valence electrons. The molecule has 2 aromatic rings. The summed E-state index contributed by atoms with van der Waals surface area (Å²) in [4.78, 5) is 11.2. The molecule has 6 N–H and O–H groups in total. The molecule has 1 saturated heterocycles. The first-order valence-electron chi connectivity index (χ1n) is 8.69. The van der Waals surface area contributed by atoms with Crippen molar-refractivity contribution in [3.63, 3.8) is 0 Å². The average molecular weight is 445 g/mol. The van der Waals surface area contributed by atoms with Gasteiger partial charge in [-0.25, -0.2) is 9.97 Å². The molecule has 0 unspecified atom stereocenters. The van der Waals surface area contributed by atoms with Crippen LogP contribution in [0.4, 0.5) is 11.6 Å². The predicted molar refractivity (Wildman–Crippen MR) is 119 cm³/mol. The monoisotopic (exact) mass is 443 g/mol. The number of halogens is 3. The first-order valence-corrected chi connectivity index (χ1v) is 9.44. The molecule has 3 rings (SSSR count). The molecule has 0 amide bonds. The number of nitrogen functional groups attached to an aromatic ring is 1. The fourth-order valence-corrected chi connectivity index (χ4v) is 3.59. The van der Waals surface area contributed by atoms with E-state index in [4.69, 9.17) is 40.1 Å². The van der Waals surface area contributed by atoms with Crippen LogP contribution in [0.15, 0.2) is 24.4 Å². The molecule has 0 bridgehead atoms. The van der Waals surface area contributed by atoms with Crippen LogP contribution in [0.2, 0.25) is 10.0 Å². The molecule has 2 heterocycles. The van der Waals surface area contributed by atoms with Gasteiger partial charge in [0.05, 0.1) is 16.2 Å². The van der Waals surface area contributed by atoms with Gasteiger partial charge in [0.1, 0.15) is 11.5 Å². The first-order chi connectivity index (χ1) is 12.8. The molecule has 1 fully saturated rings. The zero-order valence-corrected chi connectivity index (χ0v) is 17.8. The van der Waals surface area contributed by atoms with Gasteiger partial charge in [-0.1, -0.05) is 42.3 Å². The summed E-state index contributed by atoms with van der Waals surface area (Å²) in [6.45, 7) is 4.56. The largest absolute Gasteiger partial charge is 0.382 e. The Morgan fingerprint density at radius 3 is 2.61 bits per heavy atom. The van der Waals surface area contributed by atoms with E-state index in [-0.39, 0.29) is 23.8 Å². The van der Waals surface area contributed by atoms with E-state index < -0.39 is 0 Å². The van der Waals surface area contributed by atoms with Gasteiger partial charge < -0.3 is 21.7 Å². The van der Waals surface area contributed by atoms with Gasteiger partial charge in [0.2, 0.25) is 0 Å². The number of aromatic nitrogens is 2. The lowest BCUT2D eigenvalue weighted by atomic mass is 9.80. The molecule has 7 nitrogen and oxygen atoms in total. The molecule has 0 radical (unpaired) electrons. The van der Waals surface area contributed by atoms with Gasteiger partial charge in [0.25, 0.3) is 0 Å². The maximum atomic E-state index is 7.32. The van der Waals surface area contributed by atoms with Crippen LogP contribution >= 0.6 is 35.6 Å². The van der Waals surface area contributed by atoms with Gasteiger partial charge in [0, 0.05) is 25.2 Å². The Balaban J connectivity index is 0.00000280. The summed E-state index contributed by atoms with van der Waals surface area (Å²) in [5.74, 6) is 1.08. The van der Waals surface area contributed by atoms with Crippen molar-refractivity contribution in [1.82, 2.24) is 15.3 Å². The number of nitrogens with one attached hydrogen (secondary N) is 2. The van der Waals surface area contributed by atoms with E-state index >= 15 is 0 Å². The lowest BCUT2D eigenvalue weighted by Gasteiger charge is -2.40. The number of hydrogen-bond acceptors (Lipinski definition) is 5. The highest BCUT2D eigenvalue weighted by molar-refractivity contribution is 6.43. The van der Waals surface area contributed by atoms with Gasteiger partial charge in [-0.05, 0) is 24.3 Å². The van der Waals surface area contributed by atoms with Crippen LogP contribution in [-0.2, 0) is 0 Å². The summed E-state index contributed by atoms with van der Waals surface area (Å²) >= 11 is 12.4. The minimum absolute atomic E-state index is 0. The minimum Gasteiger partial charge on any atom is -0.382 e. The highest BCUT2D eigenvalue weighted by Crippen LogP contribution is 2.36. The molecule has 1 aliphatic rings. The molecule has 10 heteroatoms. The van der Waals surface area contributed by atoms with Crippen molar-refractivity contribution >= 4 is 53.2 Å². The van der Waals surface area contributed by atoms with Crippen LogP contribution < -0.4 is 21.7 Å². The van der Waals surface area contributed by atoms with Crippen LogP contribution in [0.5, 0.6) is 0 Å².